The Bertz CT molecular complexity index is 818. The molecule has 3 N–H and O–H groups in total. The van der Waals surface area contributed by atoms with E-state index in [4.69, 9.17) is 14.6 Å². The first-order valence-corrected chi connectivity index (χ1v) is 9.27. The highest BCUT2D eigenvalue weighted by Gasteiger charge is 2.34. The summed E-state index contributed by atoms with van der Waals surface area (Å²) in [5.74, 6) is -0.523. The maximum atomic E-state index is 12.6. The van der Waals surface area contributed by atoms with Gasteiger partial charge in [-0.25, -0.2) is 4.79 Å². The summed E-state index contributed by atoms with van der Waals surface area (Å²) in [5, 5.41) is 14.9. The number of hydrogen-bond acceptors (Lipinski definition) is 7. The number of carbonyl (C=O) groups excluding carboxylic acids is 3. The van der Waals surface area contributed by atoms with Gasteiger partial charge in [0.25, 0.3) is 5.91 Å². The standard InChI is InChI=1S/C20H27N3O6/c1-12(2)9-17(25)22-15-6-5-13(10-16(15)28-3)21-18-14(20(27)29-4)11-23(7-8-24)19(18)26/h5-6,10,12,21,24H,7-9,11H2,1-4H3,(H,22,25). The topological polar surface area (TPSA) is 117 Å². The quantitative estimate of drug-likeness (QED) is 0.531. The van der Waals surface area contributed by atoms with E-state index in [0.29, 0.717) is 23.5 Å². The van der Waals surface area contributed by atoms with Crippen LogP contribution in [0, 0.1) is 5.92 Å². The van der Waals surface area contributed by atoms with Crippen molar-refractivity contribution in [2.45, 2.75) is 20.3 Å². The first-order valence-electron chi connectivity index (χ1n) is 9.27. The van der Waals surface area contributed by atoms with Crippen LogP contribution in [0.5, 0.6) is 5.75 Å². The van der Waals surface area contributed by atoms with Crippen LogP contribution in [0.1, 0.15) is 20.3 Å². The lowest BCUT2D eigenvalue weighted by Gasteiger charge is -2.16. The van der Waals surface area contributed by atoms with E-state index < -0.39 is 11.9 Å². The largest absolute Gasteiger partial charge is 0.494 e. The average Bonchev–Trinajstić information content (AvgIpc) is 2.98. The molecule has 0 spiro atoms. The second-order valence-electron chi connectivity index (χ2n) is 6.98. The molecule has 9 heteroatoms. The van der Waals surface area contributed by atoms with Crippen molar-refractivity contribution >= 4 is 29.2 Å². The lowest BCUT2D eigenvalue weighted by molar-refractivity contribution is -0.136. The molecule has 0 unspecified atom stereocenters. The minimum Gasteiger partial charge on any atom is -0.494 e. The highest BCUT2D eigenvalue weighted by molar-refractivity contribution is 6.08. The number of β-amino-alcohol motifs (C(OH)–C–C–N with tert-alkyl or cyclic N) is 1. The molecule has 29 heavy (non-hydrogen) atoms. The lowest BCUT2D eigenvalue weighted by atomic mass is 10.1. The van der Waals surface area contributed by atoms with E-state index in [1.165, 1.54) is 19.1 Å². The highest BCUT2D eigenvalue weighted by atomic mass is 16.5. The van der Waals surface area contributed by atoms with Gasteiger partial charge < -0.3 is 30.1 Å². The molecular weight excluding hydrogens is 378 g/mol. The Morgan fingerprint density at radius 1 is 1.28 bits per heavy atom. The van der Waals surface area contributed by atoms with Gasteiger partial charge in [0, 0.05) is 24.7 Å². The molecule has 2 amide bonds. The van der Waals surface area contributed by atoms with Crippen molar-refractivity contribution < 1.29 is 29.0 Å². The summed E-state index contributed by atoms with van der Waals surface area (Å²) in [7, 11) is 2.71. The van der Waals surface area contributed by atoms with Crippen molar-refractivity contribution in [2.75, 3.05) is 44.5 Å². The summed E-state index contributed by atoms with van der Waals surface area (Å²) >= 11 is 0. The second kappa shape index (κ2) is 9.92. The lowest BCUT2D eigenvalue weighted by Crippen LogP contribution is -2.31. The first kappa shape index (κ1) is 22.2. The molecule has 1 aliphatic rings. The SMILES string of the molecule is COC(=O)C1=C(Nc2ccc(NC(=O)CC(C)C)c(OC)c2)C(=O)N(CCO)C1. The van der Waals surface area contributed by atoms with E-state index in [1.54, 1.807) is 18.2 Å². The van der Waals surface area contributed by atoms with Crippen LogP contribution in [0.3, 0.4) is 0 Å². The fourth-order valence-electron chi connectivity index (χ4n) is 2.94. The number of amides is 2. The molecular formula is C20H27N3O6. The van der Waals surface area contributed by atoms with Crippen LogP contribution >= 0.6 is 0 Å². The Morgan fingerprint density at radius 2 is 2.00 bits per heavy atom. The van der Waals surface area contributed by atoms with Crippen molar-refractivity contribution in [3.63, 3.8) is 0 Å². The zero-order valence-electron chi connectivity index (χ0n) is 17.1. The van der Waals surface area contributed by atoms with Crippen molar-refractivity contribution in [3.8, 4) is 5.75 Å². The minimum absolute atomic E-state index is 0.0505. The molecule has 1 aromatic carbocycles. The van der Waals surface area contributed by atoms with Crippen LogP contribution in [0.2, 0.25) is 0 Å². The molecule has 1 aliphatic heterocycles. The maximum Gasteiger partial charge on any atom is 0.337 e. The summed E-state index contributed by atoms with van der Waals surface area (Å²) in [6, 6.07) is 4.94. The third kappa shape index (κ3) is 5.47. The van der Waals surface area contributed by atoms with Crippen LogP contribution in [-0.4, -0.2) is 61.7 Å². The van der Waals surface area contributed by atoms with Crippen molar-refractivity contribution in [2.24, 2.45) is 5.92 Å². The summed E-state index contributed by atoms with van der Waals surface area (Å²) in [6.45, 7) is 3.85. The van der Waals surface area contributed by atoms with E-state index in [9.17, 15) is 14.4 Å². The number of anilines is 2. The van der Waals surface area contributed by atoms with Gasteiger partial charge in [-0.3, -0.25) is 9.59 Å². The Kier molecular flexibility index (Phi) is 7.60. The third-order valence-electron chi connectivity index (χ3n) is 4.29. The normalized spacial score (nSPS) is 13.7. The number of benzene rings is 1. The Morgan fingerprint density at radius 3 is 2.59 bits per heavy atom. The molecule has 9 nitrogen and oxygen atoms in total. The van der Waals surface area contributed by atoms with Crippen molar-refractivity contribution in [1.82, 2.24) is 4.90 Å². The molecule has 1 aromatic rings. The van der Waals surface area contributed by atoms with Crippen LogP contribution in [0.15, 0.2) is 29.5 Å². The van der Waals surface area contributed by atoms with Crippen LogP contribution in [-0.2, 0) is 19.1 Å². The molecule has 0 bridgehead atoms. The smallest absolute Gasteiger partial charge is 0.337 e. The van der Waals surface area contributed by atoms with E-state index in [0.717, 1.165) is 0 Å². The van der Waals surface area contributed by atoms with Gasteiger partial charge in [-0.05, 0) is 18.1 Å². The Labute approximate surface area is 169 Å². The van der Waals surface area contributed by atoms with Gasteiger partial charge in [0.2, 0.25) is 5.91 Å². The molecule has 0 aliphatic carbocycles. The summed E-state index contributed by atoms with van der Waals surface area (Å²) in [5.41, 5.74) is 1.27. The fraction of sp³-hybridized carbons (Fsp3) is 0.450. The van der Waals surface area contributed by atoms with Gasteiger partial charge in [0.15, 0.2) is 0 Å². The van der Waals surface area contributed by atoms with Crippen LogP contribution in [0.4, 0.5) is 11.4 Å². The third-order valence-corrected chi connectivity index (χ3v) is 4.29. The van der Waals surface area contributed by atoms with E-state index >= 15 is 0 Å². The number of nitrogens with zero attached hydrogens (tertiary/aromatic N) is 1. The number of nitrogens with one attached hydrogen (secondary N) is 2. The van der Waals surface area contributed by atoms with Gasteiger partial charge in [0.05, 0.1) is 38.6 Å². The molecule has 0 radical (unpaired) electrons. The molecule has 158 valence electrons. The Hall–Kier alpha value is -3.07. The van der Waals surface area contributed by atoms with E-state index in [-0.39, 0.29) is 42.8 Å². The first-order chi connectivity index (χ1) is 13.8. The summed E-state index contributed by atoms with van der Waals surface area (Å²) in [4.78, 5) is 38.0. The van der Waals surface area contributed by atoms with E-state index in [1.807, 2.05) is 13.8 Å². The second-order valence-corrected chi connectivity index (χ2v) is 6.98. The van der Waals surface area contributed by atoms with Crippen molar-refractivity contribution in [1.29, 1.82) is 0 Å². The van der Waals surface area contributed by atoms with E-state index in [2.05, 4.69) is 10.6 Å². The molecule has 0 atom stereocenters. The predicted octanol–water partition coefficient (Wildman–Crippen LogP) is 1.35. The van der Waals surface area contributed by atoms with Gasteiger partial charge in [-0.1, -0.05) is 13.8 Å². The molecule has 2 rings (SSSR count). The Balaban J connectivity index is 2.26. The predicted molar refractivity (Wildman–Crippen MR) is 107 cm³/mol. The number of methoxy groups -OCH3 is 2. The van der Waals surface area contributed by atoms with Gasteiger partial charge in [0.1, 0.15) is 11.4 Å². The minimum atomic E-state index is -0.620. The van der Waals surface area contributed by atoms with Gasteiger partial charge in [-0.2, -0.15) is 0 Å². The number of esters is 1. The number of carbonyl (C=O) groups is 3. The van der Waals surface area contributed by atoms with Gasteiger partial charge >= 0.3 is 5.97 Å². The zero-order chi connectivity index (χ0) is 21.6. The average molecular weight is 405 g/mol. The molecule has 1 heterocycles. The zero-order valence-corrected chi connectivity index (χ0v) is 17.1. The number of aliphatic hydroxyl groups excluding tert-OH is 1. The number of rotatable bonds is 9. The maximum absolute atomic E-state index is 12.6. The molecule has 0 fully saturated rings. The molecule has 0 saturated heterocycles. The van der Waals surface area contributed by atoms with Crippen LogP contribution < -0.4 is 15.4 Å². The number of hydrogen-bond donors (Lipinski definition) is 3. The number of aliphatic hydroxyl groups is 1. The molecule has 0 saturated carbocycles. The monoisotopic (exact) mass is 405 g/mol. The number of ether oxygens (including phenoxy) is 2. The highest BCUT2D eigenvalue weighted by Crippen LogP contribution is 2.30. The summed E-state index contributed by atoms with van der Waals surface area (Å²) in [6.07, 6.45) is 0.383. The summed E-state index contributed by atoms with van der Waals surface area (Å²) < 4.78 is 10.1. The van der Waals surface area contributed by atoms with Crippen molar-refractivity contribution in [3.05, 3.63) is 29.5 Å². The van der Waals surface area contributed by atoms with Gasteiger partial charge in [-0.15, -0.1) is 0 Å². The van der Waals surface area contributed by atoms with Crippen LogP contribution in [0.25, 0.3) is 0 Å². The fourth-order valence-corrected chi connectivity index (χ4v) is 2.94. The molecule has 0 aromatic heterocycles.